The van der Waals surface area contributed by atoms with E-state index in [2.05, 4.69) is 28.5 Å². The molecule has 118 valence electrons. The van der Waals surface area contributed by atoms with Gasteiger partial charge in [0.15, 0.2) is 0 Å². The van der Waals surface area contributed by atoms with E-state index in [4.69, 9.17) is 0 Å². The average molecular weight is 337 g/mol. The molecule has 0 radical (unpaired) electrons. The lowest BCUT2D eigenvalue weighted by molar-refractivity contribution is 0.340. The maximum atomic E-state index is 11.5. The highest BCUT2D eigenvalue weighted by Crippen LogP contribution is 2.34. The molecule has 0 spiro atoms. The molecule has 0 fully saturated rings. The zero-order valence-electron chi connectivity index (χ0n) is 12.9. The Morgan fingerprint density at radius 2 is 2.00 bits per heavy atom. The van der Waals surface area contributed by atoms with Crippen LogP contribution in [0.25, 0.3) is 5.57 Å². The number of oxime groups is 1. The Kier molecular flexibility index (Phi) is 5.47. The molecule has 0 aromatic heterocycles. The summed E-state index contributed by atoms with van der Waals surface area (Å²) in [7, 11) is -3.57. The van der Waals surface area contributed by atoms with Crippen molar-refractivity contribution in [2.75, 3.05) is 5.75 Å². The molecule has 1 aliphatic rings. The molecule has 2 rings (SSSR count). The van der Waals surface area contributed by atoms with E-state index in [9.17, 15) is 8.42 Å². The lowest BCUT2D eigenvalue weighted by Gasteiger charge is -2.08. The Morgan fingerprint density at radius 1 is 1.27 bits per heavy atom. The summed E-state index contributed by atoms with van der Waals surface area (Å²) in [5.41, 5.74) is 3.52. The fourth-order valence-electron chi connectivity index (χ4n) is 2.09. The second-order valence-electron chi connectivity index (χ2n) is 5.01. The first-order chi connectivity index (χ1) is 10.4. The van der Waals surface area contributed by atoms with Crippen LogP contribution in [0.5, 0.6) is 0 Å². The first kappa shape index (κ1) is 16.8. The highest BCUT2D eigenvalue weighted by Gasteiger charge is 2.16. The number of hydrogen-bond donors (Lipinski definition) is 0. The van der Waals surface area contributed by atoms with Gasteiger partial charge in [-0.1, -0.05) is 48.1 Å². The molecule has 1 aromatic carbocycles. The van der Waals surface area contributed by atoms with Crippen LogP contribution in [-0.2, 0) is 14.4 Å². The van der Waals surface area contributed by atoms with Gasteiger partial charge in [-0.05, 0) is 49.1 Å². The molecule has 0 bridgehead atoms. The summed E-state index contributed by atoms with van der Waals surface area (Å²) in [5, 5.41) is 4.28. The Labute approximate surface area is 136 Å². The first-order valence-electron chi connectivity index (χ1n) is 7.05. The van der Waals surface area contributed by atoms with Gasteiger partial charge < -0.3 is 0 Å². The minimum Gasteiger partial charge on any atom is -0.267 e. The van der Waals surface area contributed by atoms with Crippen molar-refractivity contribution in [3.05, 3.63) is 52.4 Å². The van der Waals surface area contributed by atoms with Crippen LogP contribution in [0, 0.1) is 6.92 Å². The molecule has 0 unspecified atom stereocenters. The van der Waals surface area contributed by atoms with Crippen LogP contribution in [-0.4, -0.2) is 19.2 Å². The molecule has 1 heterocycles. The van der Waals surface area contributed by atoms with Gasteiger partial charge >= 0.3 is 10.1 Å². The summed E-state index contributed by atoms with van der Waals surface area (Å²) in [5.74, 6) is -0.0247. The molecule has 0 atom stereocenters. The van der Waals surface area contributed by atoms with Gasteiger partial charge in [0.05, 0.1) is 5.75 Å². The Balaban J connectivity index is 2.15. The van der Waals surface area contributed by atoms with E-state index >= 15 is 0 Å². The molecule has 1 aliphatic heterocycles. The highest BCUT2D eigenvalue weighted by atomic mass is 32.2. The monoisotopic (exact) mass is 337 g/mol. The Morgan fingerprint density at radius 3 is 2.68 bits per heavy atom. The van der Waals surface area contributed by atoms with Crippen LogP contribution >= 0.6 is 11.8 Å². The number of allylic oxidation sites excluding steroid dienone is 2. The van der Waals surface area contributed by atoms with Crippen molar-refractivity contribution in [1.29, 1.82) is 0 Å². The van der Waals surface area contributed by atoms with E-state index in [1.54, 1.807) is 13.0 Å². The number of rotatable bonds is 5. The van der Waals surface area contributed by atoms with Crippen molar-refractivity contribution >= 4 is 32.5 Å². The number of aryl methyl sites for hydroxylation is 1. The zero-order chi connectivity index (χ0) is 16.2. The van der Waals surface area contributed by atoms with Crippen molar-refractivity contribution in [2.45, 2.75) is 27.2 Å². The molecule has 4 nitrogen and oxygen atoms in total. The largest absolute Gasteiger partial charge is 0.328 e. The fourth-order valence-corrected chi connectivity index (χ4v) is 3.74. The van der Waals surface area contributed by atoms with E-state index < -0.39 is 10.1 Å². The summed E-state index contributed by atoms with van der Waals surface area (Å²) in [4.78, 5) is 1.05. The molecule has 0 N–H and O–H groups in total. The Bertz CT molecular complexity index is 746. The van der Waals surface area contributed by atoms with Crippen LogP contribution < -0.4 is 0 Å². The summed E-state index contributed by atoms with van der Waals surface area (Å²) in [6.45, 7) is 5.90. The molecular weight excluding hydrogens is 318 g/mol. The van der Waals surface area contributed by atoms with Crippen molar-refractivity contribution in [2.24, 2.45) is 5.16 Å². The molecule has 1 aromatic rings. The quantitative estimate of drug-likeness (QED) is 0.759. The van der Waals surface area contributed by atoms with Crippen LogP contribution in [0.3, 0.4) is 0 Å². The smallest absolute Gasteiger partial charge is 0.267 e. The molecule has 0 saturated carbocycles. The summed E-state index contributed by atoms with van der Waals surface area (Å²) >= 11 is 1.41. The highest BCUT2D eigenvalue weighted by molar-refractivity contribution is 8.18. The maximum absolute atomic E-state index is 11.5. The third kappa shape index (κ3) is 4.24. The van der Waals surface area contributed by atoms with E-state index in [1.165, 1.54) is 22.9 Å². The number of benzene rings is 1. The summed E-state index contributed by atoms with van der Waals surface area (Å²) in [6.07, 6.45) is 4.21. The molecule has 0 aliphatic carbocycles. The third-order valence-corrected chi connectivity index (χ3v) is 5.50. The maximum Gasteiger partial charge on any atom is 0.328 e. The van der Waals surface area contributed by atoms with Gasteiger partial charge in [-0.25, -0.2) is 0 Å². The summed E-state index contributed by atoms with van der Waals surface area (Å²) in [6, 6.07) is 8.15. The standard InChI is InChI=1S/C16H19NO3S2/c1-4-11-22(18,19)20-17-16-10-9-15(21-16)13(3)14-8-6-5-7-12(14)2/h5-10H,4,11H2,1-3H3/b15-13-,17-16+. The molecule has 0 saturated heterocycles. The SMILES string of the molecule is CCCS(=O)(=O)O/N=C1C=C/C(=C(\C)c2ccccc2C)S\1. The number of nitrogens with zero attached hydrogens (tertiary/aromatic N) is 1. The van der Waals surface area contributed by atoms with Crippen LogP contribution in [0.2, 0.25) is 0 Å². The second-order valence-corrected chi connectivity index (χ2v) is 7.74. The van der Waals surface area contributed by atoms with E-state index in [0.29, 0.717) is 11.5 Å². The average Bonchev–Trinajstić information content (AvgIpc) is 2.94. The summed E-state index contributed by atoms with van der Waals surface area (Å²) < 4.78 is 27.7. The van der Waals surface area contributed by atoms with E-state index in [-0.39, 0.29) is 5.75 Å². The number of thioether (sulfide) groups is 1. The fraction of sp³-hybridized carbons (Fsp3) is 0.312. The van der Waals surface area contributed by atoms with Crippen LogP contribution in [0.4, 0.5) is 0 Å². The predicted octanol–water partition coefficient (Wildman–Crippen LogP) is 4.10. The van der Waals surface area contributed by atoms with Gasteiger partial charge in [-0.3, -0.25) is 4.28 Å². The minimum absolute atomic E-state index is 0.0247. The lowest BCUT2D eigenvalue weighted by atomic mass is 10.0. The van der Waals surface area contributed by atoms with Gasteiger partial charge in [0.2, 0.25) is 0 Å². The van der Waals surface area contributed by atoms with Crippen molar-refractivity contribution in [3.63, 3.8) is 0 Å². The molecular formula is C16H19NO3S2. The van der Waals surface area contributed by atoms with E-state index in [0.717, 1.165) is 10.5 Å². The Hall–Kier alpha value is -1.53. The van der Waals surface area contributed by atoms with Gasteiger partial charge in [-0.2, -0.15) is 8.42 Å². The van der Waals surface area contributed by atoms with Crippen molar-refractivity contribution < 1.29 is 12.7 Å². The lowest BCUT2D eigenvalue weighted by Crippen LogP contribution is -2.06. The van der Waals surface area contributed by atoms with E-state index in [1.807, 2.05) is 25.1 Å². The molecule has 6 heteroatoms. The number of hydrogen-bond acceptors (Lipinski definition) is 5. The molecule has 0 amide bonds. The third-order valence-electron chi connectivity index (χ3n) is 3.21. The topological polar surface area (TPSA) is 55.7 Å². The van der Waals surface area contributed by atoms with Crippen LogP contribution in [0.1, 0.15) is 31.4 Å². The van der Waals surface area contributed by atoms with Gasteiger partial charge in [0.25, 0.3) is 0 Å². The van der Waals surface area contributed by atoms with Gasteiger partial charge in [0, 0.05) is 4.91 Å². The second kappa shape index (κ2) is 7.15. The van der Waals surface area contributed by atoms with Gasteiger partial charge in [0.1, 0.15) is 5.04 Å². The van der Waals surface area contributed by atoms with Crippen LogP contribution in [0.15, 0.2) is 46.5 Å². The molecule has 22 heavy (non-hydrogen) atoms. The minimum atomic E-state index is -3.57. The van der Waals surface area contributed by atoms with Crippen molar-refractivity contribution in [3.8, 4) is 0 Å². The zero-order valence-corrected chi connectivity index (χ0v) is 14.5. The van der Waals surface area contributed by atoms with Gasteiger partial charge in [-0.15, -0.1) is 0 Å². The van der Waals surface area contributed by atoms with Crippen molar-refractivity contribution in [1.82, 2.24) is 0 Å². The normalized spacial score (nSPS) is 18.8. The predicted molar refractivity (Wildman–Crippen MR) is 93.1 cm³/mol. The first-order valence-corrected chi connectivity index (χ1v) is 9.44.